The second-order valence-electron chi connectivity index (χ2n) is 4.91. The summed E-state index contributed by atoms with van der Waals surface area (Å²) in [5.41, 5.74) is 1.33. The van der Waals surface area contributed by atoms with Crippen LogP contribution in [0.4, 0.5) is 5.13 Å². The lowest BCUT2D eigenvalue weighted by molar-refractivity contribution is 0.102. The monoisotopic (exact) mass is 314 g/mol. The zero-order valence-electron chi connectivity index (χ0n) is 12.1. The van der Waals surface area contributed by atoms with Crippen molar-refractivity contribution in [2.24, 2.45) is 0 Å². The summed E-state index contributed by atoms with van der Waals surface area (Å²) < 4.78 is 1.72. The molecule has 0 fully saturated rings. The number of anilines is 1. The summed E-state index contributed by atoms with van der Waals surface area (Å²) in [6, 6.07) is 7.34. The highest BCUT2D eigenvalue weighted by Gasteiger charge is 2.14. The predicted molar refractivity (Wildman–Crippen MR) is 83.7 cm³/mol. The van der Waals surface area contributed by atoms with Gasteiger partial charge in [0.15, 0.2) is 11.0 Å². The van der Waals surface area contributed by atoms with E-state index in [0.29, 0.717) is 16.5 Å². The second-order valence-corrected chi connectivity index (χ2v) is 5.81. The summed E-state index contributed by atoms with van der Waals surface area (Å²) >= 11 is 1.37. The normalized spacial score (nSPS) is 10.9. The maximum atomic E-state index is 12.2. The van der Waals surface area contributed by atoms with Crippen LogP contribution in [-0.2, 0) is 0 Å². The maximum Gasteiger partial charge on any atom is 0.257 e. The molecule has 0 atom stereocenters. The van der Waals surface area contributed by atoms with Gasteiger partial charge in [-0.3, -0.25) is 10.1 Å². The lowest BCUT2D eigenvalue weighted by Crippen LogP contribution is -2.12. The van der Waals surface area contributed by atoms with Gasteiger partial charge >= 0.3 is 0 Å². The summed E-state index contributed by atoms with van der Waals surface area (Å²) in [6.45, 7) is 4.00. The Hall–Kier alpha value is -2.61. The van der Waals surface area contributed by atoms with Gasteiger partial charge < -0.3 is 0 Å². The number of carbonyl (C=O) groups excluding carboxylic acids is 1. The molecule has 1 amide bonds. The van der Waals surface area contributed by atoms with E-state index in [4.69, 9.17) is 0 Å². The van der Waals surface area contributed by atoms with Gasteiger partial charge in [-0.1, -0.05) is 12.1 Å². The molecule has 0 radical (unpaired) electrons. The van der Waals surface area contributed by atoms with Crippen LogP contribution in [0.15, 0.2) is 35.8 Å². The Kier molecular flexibility index (Phi) is 3.92. The van der Waals surface area contributed by atoms with Crippen LogP contribution in [0.3, 0.4) is 0 Å². The van der Waals surface area contributed by atoms with E-state index in [0.717, 1.165) is 5.56 Å². The summed E-state index contributed by atoms with van der Waals surface area (Å²) in [7, 11) is 0. The molecule has 1 aromatic carbocycles. The van der Waals surface area contributed by atoms with E-state index in [9.17, 15) is 4.79 Å². The smallest absolute Gasteiger partial charge is 0.257 e. The van der Waals surface area contributed by atoms with Crippen LogP contribution >= 0.6 is 11.3 Å². The number of hydrogen-bond acceptors (Lipinski definition) is 6. The molecule has 0 saturated heterocycles. The third kappa shape index (κ3) is 2.86. The van der Waals surface area contributed by atoms with Crippen molar-refractivity contribution in [2.75, 3.05) is 5.32 Å². The topological polar surface area (TPSA) is 85.6 Å². The maximum absolute atomic E-state index is 12.2. The molecule has 2 aromatic heterocycles. The molecule has 112 valence electrons. The van der Waals surface area contributed by atoms with Crippen molar-refractivity contribution in [3.63, 3.8) is 0 Å². The van der Waals surface area contributed by atoms with Gasteiger partial charge in [-0.05, 0) is 36.4 Å². The Morgan fingerprint density at radius 2 is 2.23 bits per heavy atom. The molecule has 22 heavy (non-hydrogen) atoms. The van der Waals surface area contributed by atoms with Crippen molar-refractivity contribution < 1.29 is 4.79 Å². The van der Waals surface area contributed by atoms with E-state index in [-0.39, 0.29) is 11.9 Å². The second kappa shape index (κ2) is 6.02. The van der Waals surface area contributed by atoms with Gasteiger partial charge in [0.05, 0.1) is 6.04 Å². The molecular formula is C14H14N6OS. The van der Waals surface area contributed by atoms with Gasteiger partial charge in [-0.25, -0.2) is 9.67 Å². The van der Waals surface area contributed by atoms with Crippen LogP contribution in [0.25, 0.3) is 11.4 Å². The standard InChI is InChI=1S/C14H14N6OS/c1-9(2)20-12(17-18-19-20)10-4-3-5-11(8-10)13(21)16-14-15-6-7-22-14/h3-9H,1-2H3,(H,15,16,21). The molecule has 0 bridgehead atoms. The Balaban J connectivity index is 1.89. The van der Waals surface area contributed by atoms with Crippen molar-refractivity contribution in [1.29, 1.82) is 0 Å². The average Bonchev–Trinajstić information content (AvgIpc) is 3.18. The first-order valence-corrected chi connectivity index (χ1v) is 7.62. The van der Waals surface area contributed by atoms with Gasteiger partial charge in [0.2, 0.25) is 0 Å². The summed E-state index contributed by atoms with van der Waals surface area (Å²) in [5.74, 6) is 0.430. The fourth-order valence-electron chi connectivity index (χ4n) is 1.99. The summed E-state index contributed by atoms with van der Waals surface area (Å²) in [5, 5.41) is 16.9. The van der Waals surface area contributed by atoms with E-state index < -0.39 is 0 Å². The number of rotatable bonds is 4. The van der Waals surface area contributed by atoms with Crippen LogP contribution in [0, 0.1) is 0 Å². The zero-order chi connectivity index (χ0) is 15.5. The van der Waals surface area contributed by atoms with Crippen LogP contribution < -0.4 is 5.32 Å². The number of amides is 1. The summed E-state index contributed by atoms with van der Waals surface area (Å²) in [4.78, 5) is 16.3. The van der Waals surface area contributed by atoms with E-state index in [1.54, 1.807) is 23.0 Å². The van der Waals surface area contributed by atoms with Crippen molar-refractivity contribution in [1.82, 2.24) is 25.2 Å². The quantitative estimate of drug-likeness (QED) is 0.800. The number of aromatic nitrogens is 5. The van der Waals surface area contributed by atoms with Crippen LogP contribution in [-0.4, -0.2) is 31.1 Å². The average molecular weight is 314 g/mol. The Morgan fingerprint density at radius 3 is 2.95 bits per heavy atom. The molecular weight excluding hydrogens is 300 g/mol. The highest BCUT2D eigenvalue weighted by Crippen LogP contribution is 2.21. The zero-order valence-corrected chi connectivity index (χ0v) is 12.9. The van der Waals surface area contributed by atoms with Gasteiger partial charge in [0.25, 0.3) is 5.91 Å². The molecule has 3 aromatic rings. The van der Waals surface area contributed by atoms with Crippen LogP contribution in [0.2, 0.25) is 0 Å². The first-order valence-electron chi connectivity index (χ1n) is 6.74. The number of nitrogens with one attached hydrogen (secondary N) is 1. The fourth-order valence-corrected chi connectivity index (χ4v) is 2.51. The Bertz CT molecular complexity index is 780. The molecule has 8 heteroatoms. The number of nitrogens with zero attached hydrogens (tertiary/aromatic N) is 5. The highest BCUT2D eigenvalue weighted by atomic mass is 32.1. The minimum absolute atomic E-state index is 0.137. The van der Waals surface area contributed by atoms with Crippen LogP contribution in [0.1, 0.15) is 30.2 Å². The molecule has 3 rings (SSSR count). The van der Waals surface area contributed by atoms with Crippen molar-refractivity contribution in [3.05, 3.63) is 41.4 Å². The molecule has 2 heterocycles. The van der Waals surface area contributed by atoms with Crippen molar-refractivity contribution >= 4 is 22.4 Å². The van der Waals surface area contributed by atoms with E-state index in [2.05, 4.69) is 25.8 Å². The Labute approximate surface area is 131 Å². The predicted octanol–water partition coefficient (Wildman–Crippen LogP) is 2.63. The van der Waals surface area contributed by atoms with E-state index >= 15 is 0 Å². The first-order chi connectivity index (χ1) is 10.6. The summed E-state index contributed by atoms with van der Waals surface area (Å²) in [6.07, 6.45) is 1.65. The number of carbonyl (C=O) groups is 1. The molecule has 0 aliphatic rings. The third-order valence-electron chi connectivity index (χ3n) is 3.02. The number of tetrazole rings is 1. The first kappa shape index (κ1) is 14.3. The van der Waals surface area contributed by atoms with Crippen molar-refractivity contribution in [2.45, 2.75) is 19.9 Å². The molecule has 1 N–H and O–H groups in total. The molecule has 0 unspecified atom stereocenters. The van der Waals surface area contributed by atoms with Gasteiger partial charge in [-0.2, -0.15) is 0 Å². The molecule has 7 nitrogen and oxygen atoms in total. The van der Waals surface area contributed by atoms with Crippen LogP contribution in [0.5, 0.6) is 0 Å². The van der Waals surface area contributed by atoms with Gasteiger partial charge in [0, 0.05) is 22.7 Å². The molecule has 0 spiro atoms. The Morgan fingerprint density at radius 1 is 1.36 bits per heavy atom. The molecule has 0 aliphatic carbocycles. The lowest BCUT2D eigenvalue weighted by atomic mass is 10.1. The molecule has 0 aliphatic heterocycles. The van der Waals surface area contributed by atoms with Crippen molar-refractivity contribution in [3.8, 4) is 11.4 Å². The highest BCUT2D eigenvalue weighted by molar-refractivity contribution is 7.13. The van der Waals surface area contributed by atoms with E-state index in [1.807, 2.05) is 31.4 Å². The minimum atomic E-state index is -0.208. The molecule has 0 saturated carbocycles. The van der Waals surface area contributed by atoms with Gasteiger partial charge in [0.1, 0.15) is 0 Å². The lowest BCUT2D eigenvalue weighted by Gasteiger charge is -2.08. The van der Waals surface area contributed by atoms with Gasteiger partial charge in [-0.15, -0.1) is 16.4 Å². The number of thiazole rings is 1. The SMILES string of the molecule is CC(C)n1nnnc1-c1cccc(C(=O)Nc2nccs2)c1. The minimum Gasteiger partial charge on any atom is -0.298 e. The van der Waals surface area contributed by atoms with E-state index in [1.165, 1.54) is 11.3 Å². The number of hydrogen-bond donors (Lipinski definition) is 1. The number of benzene rings is 1. The largest absolute Gasteiger partial charge is 0.298 e. The third-order valence-corrected chi connectivity index (χ3v) is 3.71. The fraction of sp³-hybridized carbons (Fsp3) is 0.214.